The Labute approximate surface area is 97.8 Å². The van der Waals surface area contributed by atoms with E-state index in [2.05, 4.69) is 5.32 Å². The lowest BCUT2D eigenvalue weighted by Gasteiger charge is -2.10. The van der Waals surface area contributed by atoms with Crippen LogP contribution in [0.3, 0.4) is 0 Å². The van der Waals surface area contributed by atoms with Crippen LogP contribution in [0.15, 0.2) is 18.2 Å². The molecule has 0 fully saturated rings. The quantitative estimate of drug-likeness (QED) is 0.883. The van der Waals surface area contributed by atoms with E-state index in [0.29, 0.717) is 6.42 Å². The summed E-state index contributed by atoms with van der Waals surface area (Å²) in [6, 6.07) is 5.93. The van der Waals surface area contributed by atoms with Gasteiger partial charge >= 0.3 is 0 Å². The zero-order valence-corrected chi connectivity index (χ0v) is 9.38. The van der Waals surface area contributed by atoms with Crippen LogP contribution < -0.4 is 5.32 Å². The number of carbonyl (C=O) groups excluding carboxylic acids is 1. The van der Waals surface area contributed by atoms with E-state index in [1.165, 1.54) is 18.2 Å². The molecule has 1 aromatic carbocycles. The van der Waals surface area contributed by atoms with Gasteiger partial charge in [-0.2, -0.15) is 5.26 Å². The Morgan fingerprint density at radius 2 is 2.38 bits per heavy atom. The van der Waals surface area contributed by atoms with Crippen molar-refractivity contribution in [3.8, 4) is 6.07 Å². The van der Waals surface area contributed by atoms with E-state index in [9.17, 15) is 9.18 Å². The molecule has 0 aromatic heterocycles. The van der Waals surface area contributed by atoms with Gasteiger partial charge in [0.1, 0.15) is 11.7 Å². The van der Waals surface area contributed by atoms with Crippen LogP contribution in [0.25, 0.3) is 0 Å². The van der Waals surface area contributed by atoms with Gasteiger partial charge in [0.15, 0.2) is 0 Å². The summed E-state index contributed by atoms with van der Waals surface area (Å²) in [6.07, 6.45) is 0.369. The first-order chi connectivity index (χ1) is 7.60. The summed E-state index contributed by atoms with van der Waals surface area (Å²) < 4.78 is 13.3. The van der Waals surface area contributed by atoms with E-state index in [1.54, 1.807) is 6.92 Å². The van der Waals surface area contributed by atoms with Crippen molar-refractivity contribution in [3.63, 3.8) is 0 Å². The van der Waals surface area contributed by atoms with E-state index in [4.69, 9.17) is 16.9 Å². The SMILES string of the molecule is CCC(C#N)C(=O)Nc1c(F)cccc1Cl. The lowest BCUT2D eigenvalue weighted by molar-refractivity contribution is -0.118. The minimum absolute atomic E-state index is 0.0807. The van der Waals surface area contributed by atoms with Crippen molar-refractivity contribution in [1.82, 2.24) is 0 Å². The van der Waals surface area contributed by atoms with Crippen molar-refractivity contribution in [1.29, 1.82) is 5.26 Å². The van der Waals surface area contributed by atoms with Gasteiger partial charge in [-0.3, -0.25) is 4.79 Å². The number of benzene rings is 1. The monoisotopic (exact) mass is 240 g/mol. The molecule has 0 radical (unpaired) electrons. The molecule has 16 heavy (non-hydrogen) atoms. The molecule has 1 atom stereocenters. The van der Waals surface area contributed by atoms with Crippen molar-refractivity contribution >= 4 is 23.2 Å². The minimum Gasteiger partial charge on any atom is -0.321 e. The zero-order valence-electron chi connectivity index (χ0n) is 8.63. The van der Waals surface area contributed by atoms with Crippen molar-refractivity contribution in [3.05, 3.63) is 29.0 Å². The smallest absolute Gasteiger partial charge is 0.241 e. The van der Waals surface area contributed by atoms with Crippen LogP contribution in [0.2, 0.25) is 5.02 Å². The van der Waals surface area contributed by atoms with Gasteiger partial charge in [0.05, 0.1) is 16.8 Å². The third-order valence-corrected chi connectivity index (χ3v) is 2.41. The second kappa shape index (κ2) is 5.47. The Hall–Kier alpha value is -1.60. The summed E-state index contributed by atoms with van der Waals surface area (Å²) in [5.41, 5.74) is -0.0807. The average molecular weight is 241 g/mol. The van der Waals surface area contributed by atoms with Gasteiger partial charge in [0.25, 0.3) is 0 Å². The van der Waals surface area contributed by atoms with Gasteiger partial charge in [-0.1, -0.05) is 24.6 Å². The molecular weight excluding hydrogens is 231 g/mol. The first-order valence-corrected chi connectivity index (χ1v) is 5.12. The third-order valence-electron chi connectivity index (χ3n) is 2.09. The molecule has 1 aromatic rings. The van der Waals surface area contributed by atoms with Crippen LogP contribution in [-0.2, 0) is 4.79 Å². The second-order valence-corrected chi connectivity index (χ2v) is 3.58. The Balaban J connectivity index is 2.89. The maximum absolute atomic E-state index is 13.3. The van der Waals surface area contributed by atoms with Crippen LogP contribution in [0.5, 0.6) is 0 Å². The summed E-state index contributed by atoms with van der Waals surface area (Å²) >= 11 is 5.73. The Morgan fingerprint density at radius 1 is 1.69 bits per heavy atom. The summed E-state index contributed by atoms with van der Waals surface area (Å²) in [5, 5.41) is 11.1. The van der Waals surface area contributed by atoms with Gasteiger partial charge in [-0.05, 0) is 18.6 Å². The predicted molar refractivity (Wildman–Crippen MR) is 59.4 cm³/mol. The number of nitriles is 1. The van der Waals surface area contributed by atoms with Crippen LogP contribution in [0.4, 0.5) is 10.1 Å². The number of amides is 1. The Kier molecular flexibility index (Phi) is 4.27. The molecule has 0 spiro atoms. The standard InChI is InChI=1S/C11H10ClFN2O/c1-2-7(6-14)11(16)15-10-8(12)4-3-5-9(10)13/h3-5,7H,2H2,1H3,(H,15,16). The van der Waals surface area contributed by atoms with Crippen LogP contribution >= 0.6 is 11.6 Å². The van der Waals surface area contributed by atoms with Gasteiger partial charge < -0.3 is 5.32 Å². The highest BCUT2D eigenvalue weighted by Gasteiger charge is 2.18. The number of nitrogens with zero attached hydrogens (tertiary/aromatic N) is 1. The first-order valence-electron chi connectivity index (χ1n) is 4.74. The second-order valence-electron chi connectivity index (χ2n) is 3.18. The highest BCUT2D eigenvalue weighted by atomic mass is 35.5. The van der Waals surface area contributed by atoms with Crippen LogP contribution in [0, 0.1) is 23.1 Å². The number of rotatable bonds is 3. The van der Waals surface area contributed by atoms with Crippen LogP contribution in [-0.4, -0.2) is 5.91 Å². The fraction of sp³-hybridized carbons (Fsp3) is 0.273. The Morgan fingerprint density at radius 3 is 2.88 bits per heavy atom. The Bertz CT molecular complexity index is 422. The summed E-state index contributed by atoms with van der Waals surface area (Å²) in [5.74, 6) is -1.96. The van der Waals surface area contributed by atoms with E-state index in [-0.39, 0.29) is 10.7 Å². The predicted octanol–water partition coefficient (Wildman–Crippen LogP) is 2.97. The molecular formula is C11H10ClFN2O. The van der Waals surface area contributed by atoms with E-state index < -0.39 is 17.6 Å². The van der Waals surface area contributed by atoms with Crippen LogP contribution in [0.1, 0.15) is 13.3 Å². The first kappa shape index (κ1) is 12.5. The molecule has 1 N–H and O–H groups in total. The molecule has 0 saturated heterocycles. The van der Waals surface area contributed by atoms with Crippen molar-refractivity contribution in [2.24, 2.45) is 5.92 Å². The number of halogens is 2. The van der Waals surface area contributed by atoms with Gasteiger partial charge in [-0.25, -0.2) is 4.39 Å². The fourth-order valence-corrected chi connectivity index (χ4v) is 1.37. The average Bonchev–Trinajstić information content (AvgIpc) is 2.25. The van der Waals surface area contributed by atoms with Gasteiger partial charge in [0, 0.05) is 0 Å². The molecule has 0 aliphatic rings. The summed E-state index contributed by atoms with van der Waals surface area (Å²) in [6.45, 7) is 1.70. The molecule has 0 heterocycles. The molecule has 3 nitrogen and oxygen atoms in total. The number of anilines is 1. The van der Waals surface area contributed by atoms with Crippen molar-refractivity contribution < 1.29 is 9.18 Å². The largest absolute Gasteiger partial charge is 0.321 e. The maximum Gasteiger partial charge on any atom is 0.241 e. The third kappa shape index (κ3) is 2.71. The van der Waals surface area contributed by atoms with Crippen molar-refractivity contribution in [2.75, 3.05) is 5.32 Å². The van der Waals surface area contributed by atoms with Gasteiger partial charge in [-0.15, -0.1) is 0 Å². The lowest BCUT2D eigenvalue weighted by atomic mass is 10.1. The van der Waals surface area contributed by atoms with E-state index in [0.717, 1.165) is 0 Å². The van der Waals surface area contributed by atoms with E-state index in [1.807, 2.05) is 6.07 Å². The topological polar surface area (TPSA) is 52.9 Å². The lowest BCUT2D eigenvalue weighted by Crippen LogP contribution is -2.21. The molecule has 0 aliphatic heterocycles. The van der Waals surface area contributed by atoms with Gasteiger partial charge in [0.2, 0.25) is 5.91 Å². The molecule has 1 unspecified atom stereocenters. The minimum atomic E-state index is -0.796. The molecule has 0 saturated carbocycles. The normalized spacial score (nSPS) is 11.6. The number of carbonyl (C=O) groups is 1. The highest BCUT2D eigenvalue weighted by molar-refractivity contribution is 6.33. The molecule has 5 heteroatoms. The number of nitrogens with one attached hydrogen (secondary N) is 1. The number of para-hydroxylation sites is 1. The number of hydrogen-bond donors (Lipinski definition) is 1. The molecule has 0 bridgehead atoms. The maximum atomic E-state index is 13.3. The zero-order chi connectivity index (χ0) is 12.1. The molecule has 1 amide bonds. The summed E-state index contributed by atoms with van der Waals surface area (Å²) in [4.78, 5) is 11.5. The summed E-state index contributed by atoms with van der Waals surface area (Å²) in [7, 11) is 0. The number of hydrogen-bond acceptors (Lipinski definition) is 2. The highest BCUT2D eigenvalue weighted by Crippen LogP contribution is 2.25. The molecule has 0 aliphatic carbocycles. The molecule has 1 rings (SSSR count). The van der Waals surface area contributed by atoms with E-state index >= 15 is 0 Å². The fourth-order valence-electron chi connectivity index (χ4n) is 1.16. The van der Waals surface area contributed by atoms with Crippen molar-refractivity contribution in [2.45, 2.75) is 13.3 Å². The molecule has 84 valence electrons.